The van der Waals surface area contributed by atoms with Crippen molar-refractivity contribution in [2.24, 2.45) is 23.7 Å². The lowest BCUT2D eigenvalue weighted by molar-refractivity contribution is 0.286. The lowest BCUT2D eigenvalue weighted by Crippen LogP contribution is -2.16. The first kappa shape index (κ1) is 22.8. The molecule has 3 aliphatic carbocycles. The van der Waals surface area contributed by atoms with Crippen LogP contribution in [0.1, 0.15) is 102 Å². The average molecular weight is 431 g/mol. The van der Waals surface area contributed by atoms with Crippen LogP contribution in [-0.4, -0.2) is 6.61 Å². The molecule has 0 aliphatic heterocycles. The SMILES string of the molecule is CCCOc1ccc(C2CCC(CCC3=CCC4C(CCC)CCC34)CC2)c(F)c1F. The summed E-state index contributed by atoms with van der Waals surface area (Å²) in [6.07, 6.45) is 17.0. The van der Waals surface area contributed by atoms with Crippen LogP contribution < -0.4 is 4.74 Å². The zero-order valence-electron chi connectivity index (χ0n) is 19.5. The highest BCUT2D eigenvalue weighted by molar-refractivity contribution is 5.33. The number of rotatable bonds is 9. The van der Waals surface area contributed by atoms with Crippen LogP contribution in [0.25, 0.3) is 0 Å². The van der Waals surface area contributed by atoms with Crippen LogP contribution in [0.3, 0.4) is 0 Å². The van der Waals surface area contributed by atoms with Gasteiger partial charge in [-0.15, -0.1) is 0 Å². The van der Waals surface area contributed by atoms with Gasteiger partial charge in [0.25, 0.3) is 0 Å². The van der Waals surface area contributed by atoms with E-state index >= 15 is 0 Å². The van der Waals surface area contributed by atoms with E-state index in [1.165, 1.54) is 44.9 Å². The molecule has 3 heteroatoms. The summed E-state index contributed by atoms with van der Waals surface area (Å²) in [7, 11) is 0. The second-order valence-electron chi connectivity index (χ2n) is 10.3. The maximum atomic E-state index is 14.7. The summed E-state index contributed by atoms with van der Waals surface area (Å²) in [6, 6.07) is 3.37. The molecule has 1 nitrogen and oxygen atoms in total. The predicted octanol–water partition coefficient (Wildman–Crippen LogP) is 8.58. The standard InChI is InChI=1S/C28H40F2O/c1-3-5-20-12-14-24-21(13-15-23(20)24)9-6-19-7-10-22(11-8-19)25-16-17-26(31-18-4-2)28(30)27(25)29/h13,16-17,19-20,22-24H,3-12,14-15,18H2,1-2H3. The Balaban J connectivity index is 1.26. The van der Waals surface area contributed by atoms with Gasteiger partial charge < -0.3 is 4.74 Å². The van der Waals surface area contributed by atoms with Crippen molar-refractivity contribution >= 4 is 0 Å². The van der Waals surface area contributed by atoms with Crippen molar-refractivity contribution in [1.82, 2.24) is 0 Å². The van der Waals surface area contributed by atoms with E-state index < -0.39 is 11.6 Å². The Morgan fingerprint density at radius 3 is 2.45 bits per heavy atom. The highest BCUT2D eigenvalue weighted by Crippen LogP contribution is 2.51. The van der Waals surface area contributed by atoms with Crippen LogP contribution in [0.2, 0.25) is 0 Å². The summed E-state index contributed by atoms with van der Waals surface area (Å²) >= 11 is 0. The number of allylic oxidation sites excluding steroid dienone is 2. The van der Waals surface area contributed by atoms with Crippen LogP contribution in [0.4, 0.5) is 8.78 Å². The van der Waals surface area contributed by atoms with Crippen LogP contribution >= 0.6 is 0 Å². The molecule has 0 spiro atoms. The molecule has 0 N–H and O–H groups in total. The molecule has 0 radical (unpaired) electrons. The molecule has 0 amide bonds. The highest BCUT2D eigenvalue weighted by atomic mass is 19.2. The van der Waals surface area contributed by atoms with Gasteiger partial charge in [0.2, 0.25) is 5.82 Å². The Morgan fingerprint density at radius 1 is 0.903 bits per heavy atom. The average Bonchev–Trinajstić information content (AvgIpc) is 3.37. The van der Waals surface area contributed by atoms with Gasteiger partial charge in [-0.2, -0.15) is 4.39 Å². The topological polar surface area (TPSA) is 9.23 Å². The third-order valence-corrected chi connectivity index (χ3v) is 8.42. The van der Waals surface area contributed by atoms with Gasteiger partial charge >= 0.3 is 0 Å². The number of hydrogen-bond donors (Lipinski definition) is 0. The van der Waals surface area contributed by atoms with E-state index in [9.17, 15) is 8.78 Å². The van der Waals surface area contributed by atoms with Gasteiger partial charge in [0.05, 0.1) is 6.61 Å². The fourth-order valence-electron chi connectivity index (χ4n) is 6.74. The van der Waals surface area contributed by atoms with Crippen molar-refractivity contribution in [3.63, 3.8) is 0 Å². The van der Waals surface area contributed by atoms with E-state index in [4.69, 9.17) is 4.74 Å². The first-order chi connectivity index (χ1) is 15.1. The first-order valence-electron chi connectivity index (χ1n) is 12.9. The summed E-state index contributed by atoms with van der Waals surface area (Å²) in [4.78, 5) is 0. The Morgan fingerprint density at radius 2 is 1.71 bits per heavy atom. The van der Waals surface area contributed by atoms with E-state index in [-0.39, 0.29) is 11.7 Å². The fourth-order valence-corrected chi connectivity index (χ4v) is 6.74. The molecule has 4 rings (SSSR count). The molecule has 0 heterocycles. The molecule has 0 saturated heterocycles. The second-order valence-corrected chi connectivity index (χ2v) is 10.3. The molecule has 1 aromatic rings. The Kier molecular flexibility index (Phi) is 7.72. The molecule has 31 heavy (non-hydrogen) atoms. The molecule has 1 aromatic carbocycles. The molecule has 172 valence electrons. The molecule has 2 saturated carbocycles. The minimum atomic E-state index is -0.811. The molecule has 2 fully saturated rings. The van der Waals surface area contributed by atoms with E-state index in [2.05, 4.69) is 13.0 Å². The molecule has 3 atom stereocenters. The van der Waals surface area contributed by atoms with Crippen molar-refractivity contribution in [2.75, 3.05) is 6.61 Å². The smallest absolute Gasteiger partial charge is 0.200 e. The largest absolute Gasteiger partial charge is 0.490 e. The molecule has 0 aromatic heterocycles. The van der Waals surface area contributed by atoms with Crippen molar-refractivity contribution in [3.8, 4) is 5.75 Å². The summed E-state index contributed by atoms with van der Waals surface area (Å²) in [6.45, 7) is 4.69. The van der Waals surface area contributed by atoms with Gasteiger partial charge in [0, 0.05) is 0 Å². The highest BCUT2D eigenvalue weighted by Gasteiger charge is 2.39. The van der Waals surface area contributed by atoms with E-state index in [0.717, 1.165) is 55.8 Å². The van der Waals surface area contributed by atoms with E-state index in [1.807, 2.05) is 6.92 Å². The lowest BCUT2D eigenvalue weighted by atomic mass is 9.76. The summed E-state index contributed by atoms with van der Waals surface area (Å²) in [5, 5.41) is 0. The number of benzene rings is 1. The van der Waals surface area contributed by atoms with Crippen molar-refractivity contribution < 1.29 is 13.5 Å². The monoisotopic (exact) mass is 430 g/mol. The third-order valence-electron chi connectivity index (χ3n) is 8.42. The fraction of sp³-hybridized carbons (Fsp3) is 0.714. The first-order valence-corrected chi connectivity index (χ1v) is 12.9. The minimum Gasteiger partial charge on any atom is -0.490 e. The van der Waals surface area contributed by atoms with Gasteiger partial charge in [-0.1, -0.05) is 44.4 Å². The van der Waals surface area contributed by atoms with Gasteiger partial charge in [-0.3, -0.25) is 0 Å². The number of hydrogen-bond acceptors (Lipinski definition) is 1. The Hall–Kier alpha value is -1.38. The predicted molar refractivity (Wildman–Crippen MR) is 123 cm³/mol. The molecule has 0 bridgehead atoms. The molecule has 3 aliphatic rings. The van der Waals surface area contributed by atoms with Crippen LogP contribution in [0.5, 0.6) is 5.75 Å². The second kappa shape index (κ2) is 10.5. The Labute approximate surface area is 187 Å². The maximum Gasteiger partial charge on any atom is 0.200 e. The number of halogens is 2. The van der Waals surface area contributed by atoms with Gasteiger partial charge in [-0.05, 0) is 105 Å². The van der Waals surface area contributed by atoms with Crippen molar-refractivity contribution in [3.05, 3.63) is 41.0 Å². The van der Waals surface area contributed by atoms with Crippen molar-refractivity contribution in [1.29, 1.82) is 0 Å². The molecular formula is C28H40F2O. The zero-order chi connectivity index (χ0) is 21.8. The number of ether oxygens (including phenoxy) is 1. The number of fused-ring (bicyclic) bond motifs is 1. The quantitative estimate of drug-likeness (QED) is 0.356. The van der Waals surface area contributed by atoms with Gasteiger partial charge in [0.1, 0.15) is 0 Å². The van der Waals surface area contributed by atoms with Crippen LogP contribution in [0.15, 0.2) is 23.8 Å². The lowest BCUT2D eigenvalue weighted by Gasteiger charge is -2.30. The van der Waals surface area contributed by atoms with Crippen LogP contribution in [0, 0.1) is 35.3 Å². The summed E-state index contributed by atoms with van der Waals surface area (Å²) in [5.41, 5.74) is 2.30. The molecule has 3 unspecified atom stereocenters. The van der Waals surface area contributed by atoms with E-state index in [0.29, 0.717) is 12.2 Å². The van der Waals surface area contributed by atoms with Gasteiger partial charge in [-0.25, -0.2) is 4.39 Å². The molecular weight excluding hydrogens is 390 g/mol. The Bertz CT molecular complexity index is 763. The van der Waals surface area contributed by atoms with Gasteiger partial charge in [0.15, 0.2) is 11.6 Å². The summed E-state index contributed by atoms with van der Waals surface area (Å²) in [5.74, 6) is 2.21. The minimum absolute atomic E-state index is 0.0491. The van der Waals surface area contributed by atoms with Crippen molar-refractivity contribution in [2.45, 2.75) is 96.8 Å². The normalized spacial score (nSPS) is 30.3. The zero-order valence-corrected chi connectivity index (χ0v) is 19.5. The van der Waals surface area contributed by atoms with Crippen LogP contribution in [-0.2, 0) is 0 Å². The maximum absolute atomic E-state index is 14.7. The third kappa shape index (κ3) is 5.01. The van der Waals surface area contributed by atoms with E-state index in [1.54, 1.807) is 17.7 Å². The summed E-state index contributed by atoms with van der Waals surface area (Å²) < 4.78 is 34.4.